The molecule has 0 aliphatic carbocycles. The van der Waals surface area contributed by atoms with E-state index in [1.807, 2.05) is 13.0 Å². The van der Waals surface area contributed by atoms with Crippen molar-refractivity contribution < 1.29 is 22.7 Å². The van der Waals surface area contributed by atoms with Gasteiger partial charge in [-0.1, -0.05) is 35.7 Å². The molecule has 2 aromatic rings. The highest BCUT2D eigenvalue weighted by molar-refractivity contribution is 7.89. The quantitative estimate of drug-likeness (QED) is 0.624. The van der Waals surface area contributed by atoms with Crippen molar-refractivity contribution in [3.05, 3.63) is 58.1 Å². The number of sulfonamides is 1. The van der Waals surface area contributed by atoms with Crippen LogP contribution in [-0.4, -0.2) is 43.8 Å². The molecule has 0 unspecified atom stereocenters. The van der Waals surface area contributed by atoms with Crippen molar-refractivity contribution in [2.75, 3.05) is 18.4 Å². The van der Waals surface area contributed by atoms with Crippen molar-refractivity contribution in [3.8, 4) is 0 Å². The number of ether oxygens (including phenoxy) is 1. The minimum atomic E-state index is -3.68. The minimum Gasteiger partial charge on any atom is -0.449 e. The zero-order valence-corrected chi connectivity index (χ0v) is 19.9. The number of anilines is 1. The van der Waals surface area contributed by atoms with E-state index in [1.165, 1.54) is 29.4 Å². The molecule has 1 N–H and O–H groups in total. The van der Waals surface area contributed by atoms with Gasteiger partial charge in [-0.15, -0.1) is 0 Å². The third-order valence-electron chi connectivity index (χ3n) is 5.40. The maximum atomic E-state index is 12.9. The molecule has 0 radical (unpaired) electrons. The average molecular weight is 479 g/mol. The zero-order chi connectivity index (χ0) is 23.5. The summed E-state index contributed by atoms with van der Waals surface area (Å²) in [6.07, 6.45) is 1.54. The molecule has 0 saturated carbocycles. The highest BCUT2D eigenvalue weighted by Crippen LogP contribution is 2.28. The fraction of sp³-hybridized carbons (Fsp3) is 0.391. The molecule has 1 saturated heterocycles. The van der Waals surface area contributed by atoms with E-state index in [-0.39, 0.29) is 15.6 Å². The highest BCUT2D eigenvalue weighted by atomic mass is 35.5. The predicted octanol–water partition coefficient (Wildman–Crippen LogP) is 4.32. The Hall–Kier alpha value is -2.42. The number of rotatable bonds is 6. The van der Waals surface area contributed by atoms with Gasteiger partial charge < -0.3 is 10.1 Å². The van der Waals surface area contributed by atoms with Crippen LogP contribution in [0.2, 0.25) is 5.02 Å². The summed E-state index contributed by atoms with van der Waals surface area (Å²) in [6.45, 7) is 6.10. The Morgan fingerprint density at radius 1 is 1.06 bits per heavy atom. The van der Waals surface area contributed by atoms with Gasteiger partial charge >= 0.3 is 5.97 Å². The van der Waals surface area contributed by atoms with Crippen LogP contribution in [-0.2, 0) is 19.6 Å². The summed E-state index contributed by atoms with van der Waals surface area (Å²) in [5.41, 5.74) is 2.28. The second-order valence-electron chi connectivity index (χ2n) is 7.96. The SMILES string of the molecule is Cc1ccc(C(=O)O[C@@H](C)C(=O)Nc2cc(S(=O)(=O)N3CCCCC3)ccc2Cl)c(C)c1. The number of piperidine rings is 1. The summed E-state index contributed by atoms with van der Waals surface area (Å²) in [4.78, 5) is 25.1. The first-order chi connectivity index (χ1) is 15.1. The van der Waals surface area contributed by atoms with Gasteiger partial charge in [-0.25, -0.2) is 13.2 Å². The lowest BCUT2D eigenvalue weighted by atomic mass is 10.1. The van der Waals surface area contributed by atoms with Gasteiger partial charge in [0.2, 0.25) is 10.0 Å². The topological polar surface area (TPSA) is 92.8 Å². The van der Waals surface area contributed by atoms with Crippen LogP contribution >= 0.6 is 11.6 Å². The fourth-order valence-corrected chi connectivity index (χ4v) is 5.28. The number of hydrogen-bond acceptors (Lipinski definition) is 5. The first kappa shape index (κ1) is 24.2. The van der Waals surface area contributed by atoms with E-state index in [0.29, 0.717) is 18.7 Å². The molecule has 9 heteroatoms. The number of nitrogens with one attached hydrogen (secondary N) is 1. The molecule has 0 spiro atoms. The molecule has 1 fully saturated rings. The van der Waals surface area contributed by atoms with Gasteiger partial charge in [0.25, 0.3) is 5.91 Å². The molecule has 1 aliphatic heterocycles. The van der Waals surface area contributed by atoms with E-state index in [2.05, 4.69) is 5.32 Å². The van der Waals surface area contributed by atoms with Gasteiger partial charge in [-0.3, -0.25) is 4.79 Å². The molecular weight excluding hydrogens is 452 g/mol. The molecule has 1 heterocycles. The number of benzene rings is 2. The highest BCUT2D eigenvalue weighted by Gasteiger charge is 2.27. The largest absolute Gasteiger partial charge is 0.449 e. The fourth-order valence-electron chi connectivity index (χ4n) is 3.57. The second-order valence-corrected chi connectivity index (χ2v) is 10.3. The van der Waals surface area contributed by atoms with Gasteiger partial charge in [0.05, 0.1) is 21.2 Å². The van der Waals surface area contributed by atoms with Crippen molar-refractivity contribution >= 4 is 39.2 Å². The van der Waals surface area contributed by atoms with Crippen LogP contribution in [0.25, 0.3) is 0 Å². The summed E-state index contributed by atoms with van der Waals surface area (Å²) in [5, 5.41) is 2.76. The number of hydrogen-bond donors (Lipinski definition) is 1. The van der Waals surface area contributed by atoms with E-state index in [1.54, 1.807) is 19.1 Å². The number of nitrogens with zero attached hydrogens (tertiary/aromatic N) is 1. The molecule has 1 amide bonds. The van der Waals surface area contributed by atoms with Crippen LogP contribution in [0.3, 0.4) is 0 Å². The first-order valence-corrected chi connectivity index (χ1v) is 12.3. The number of halogens is 1. The van der Waals surface area contributed by atoms with Gasteiger partial charge in [0.1, 0.15) is 0 Å². The molecular formula is C23H27ClN2O5S. The minimum absolute atomic E-state index is 0.0547. The van der Waals surface area contributed by atoms with Crippen molar-refractivity contribution in [1.82, 2.24) is 4.31 Å². The Morgan fingerprint density at radius 2 is 1.75 bits per heavy atom. The maximum absolute atomic E-state index is 12.9. The average Bonchev–Trinajstić information content (AvgIpc) is 2.75. The van der Waals surface area contributed by atoms with E-state index < -0.39 is 28.0 Å². The molecule has 7 nitrogen and oxygen atoms in total. The molecule has 0 bridgehead atoms. The molecule has 3 rings (SSSR count). The van der Waals surface area contributed by atoms with E-state index >= 15 is 0 Å². The Bertz CT molecular complexity index is 1130. The summed E-state index contributed by atoms with van der Waals surface area (Å²) in [5.74, 6) is -1.23. The lowest BCUT2D eigenvalue weighted by molar-refractivity contribution is -0.123. The summed E-state index contributed by atoms with van der Waals surface area (Å²) >= 11 is 6.19. The number of aryl methyl sites for hydroxylation is 2. The molecule has 32 heavy (non-hydrogen) atoms. The van der Waals surface area contributed by atoms with Crippen LogP contribution < -0.4 is 5.32 Å². The Labute approximate surface area is 193 Å². The van der Waals surface area contributed by atoms with E-state index in [4.69, 9.17) is 16.3 Å². The standard InChI is InChI=1S/C23H27ClN2O5S/c1-15-7-9-19(16(2)13-15)23(28)31-17(3)22(27)25-21-14-18(8-10-20(21)24)32(29,30)26-11-5-4-6-12-26/h7-10,13-14,17H,4-6,11-12H2,1-3H3,(H,25,27)/t17-/m0/s1. The smallest absolute Gasteiger partial charge is 0.339 e. The normalized spacial score (nSPS) is 15.8. The van der Waals surface area contributed by atoms with Crippen LogP contribution in [0.1, 0.15) is 47.7 Å². The molecule has 172 valence electrons. The van der Waals surface area contributed by atoms with E-state index in [0.717, 1.165) is 30.4 Å². The number of carbonyl (C=O) groups excluding carboxylic acids is 2. The molecule has 2 aromatic carbocycles. The summed E-state index contributed by atoms with van der Waals surface area (Å²) < 4.78 is 32.6. The summed E-state index contributed by atoms with van der Waals surface area (Å²) in [6, 6.07) is 9.50. The molecule has 1 aliphatic rings. The molecule has 1 atom stereocenters. The van der Waals surface area contributed by atoms with Crippen molar-refractivity contribution in [2.24, 2.45) is 0 Å². The van der Waals surface area contributed by atoms with Gasteiger partial charge in [0, 0.05) is 13.1 Å². The first-order valence-electron chi connectivity index (χ1n) is 10.5. The number of amides is 1. The van der Waals surface area contributed by atoms with Gasteiger partial charge in [0.15, 0.2) is 6.10 Å². The van der Waals surface area contributed by atoms with Crippen LogP contribution in [0.4, 0.5) is 5.69 Å². The third kappa shape index (κ3) is 5.49. The van der Waals surface area contributed by atoms with Crippen molar-refractivity contribution in [3.63, 3.8) is 0 Å². The predicted molar refractivity (Wildman–Crippen MR) is 123 cm³/mol. The lowest BCUT2D eigenvalue weighted by Gasteiger charge is -2.26. The second kappa shape index (κ2) is 10.0. The lowest BCUT2D eigenvalue weighted by Crippen LogP contribution is -2.35. The van der Waals surface area contributed by atoms with Crippen molar-refractivity contribution in [2.45, 2.75) is 51.0 Å². The maximum Gasteiger partial charge on any atom is 0.339 e. The monoisotopic (exact) mass is 478 g/mol. The number of esters is 1. The van der Waals surface area contributed by atoms with Crippen molar-refractivity contribution in [1.29, 1.82) is 0 Å². The summed E-state index contributed by atoms with van der Waals surface area (Å²) in [7, 11) is -3.68. The number of carbonyl (C=O) groups is 2. The molecule has 0 aromatic heterocycles. The zero-order valence-electron chi connectivity index (χ0n) is 18.4. The van der Waals surface area contributed by atoms with Gasteiger partial charge in [-0.2, -0.15) is 4.31 Å². The van der Waals surface area contributed by atoms with E-state index in [9.17, 15) is 18.0 Å². The van der Waals surface area contributed by atoms with Crippen LogP contribution in [0, 0.1) is 13.8 Å². The van der Waals surface area contributed by atoms with Gasteiger partial charge in [-0.05, 0) is 63.4 Å². The Morgan fingerprint density at radius 3 is 2.41 bits per heavy atom. The Balaban J connectivity index is 1.72. The Kier molecular flexibility index (Phi) is 7.59. The third-order valence-corrected chi connectivity index (χ3v) is 7.63. The van der Waals surface area contributed by atoms with Crippen LogP contribution in [0.5, 0.6) is 0 Å². The van der Waals surface area contributed by atoms with Crippen LogP contribution in [0.15, 0.2) is 41.3 Å².